The Bertz CT molecular complexity index is 2310. The lowest BCUT2D eigenvalue weighted by molar-refractivity contribution is -0.855. The second-order valence-corrected chi connectivity index (χ2v) is 14.5. The van der Waals surface area contributed by atoms with Gasteiger partial charge in [0.1, 0.15) is 5.82 Å². The molecule has 1 spiro atoms. The normalized spacial score (nSPS) is 19.1. The van der Waals surface area contributed by atoms with Crippen LogP contribution in [0.2, 0.25) is 0 Å². The van der Waals surface area contributed by atoms with Crippen molar-refractivity contribution in [2.75, 3.05) is 0 Å². The van der Waals surface area contributed by atoms with Crippen molar-refractivity contribution in [1.29, 1.82) is 0 Å². The van der Waals surface area contributed by atoms with Crippen molar-refractivity contribution in [3.63, 3.8) is 0 Å². The first-order chi connectivity index (χ1) is 22.2. The molecule has 0 N–H and O–H groups in total. The van der Waals surface area contributed by atoms with E-state index >= 15 is 4.39 Å². The number of aryl methyl sites for hydroxylation is 2. The Morgan fingerprint density at radius 2 is 1.46 bits per heavy atom. The highest BCUT2D eigenvalue weighted by Crippen LogP contribution is 2.61. The second-order valence-electron chi connectivity index (χ2n) is 14.5. The molecule has 0 saturated carbocycles. The molecule has 0 radical (unpaired) electrons. The van der Waals surface area contributed by atoms with Crippen LogP contribution in [0, 0.1) is 12.7 Å². The molecule has 228 valence electrons. The minimum atomic E-state index is -0.586. The smallest absolute Gasteiger partial charge is 0.207 e. The lowest BCUT2D eigenvalue weighted by Gasteiger charge is -2.47. The molecule has 1 aliphatic carbocycles. The largest absolute Gasteiger partial charge is 0.284 e. The predicted octanol–water partition coefficient (Wildman–Crippen LogP) is 9.58. The molecule has 0 amide bonds. The Hall–Kier alpha value is -4.37. The van der Waals surface area contributed by atoms with Crippen molar-refractivity contribution in [2.45, 2.75) is 83.7 Å². The molecule has 6 aromatic rings. The number of fused-ring (bicyclic) bond motifs is 8. The van der Waals surface area contributed by atoms with Crippen LogP contribution in [0.15, 0.2) is 91.3 Å². The van der Waals surface area contributed by atoms with Gasteiger partial charge in [-0.3, -0.25) is 0 Å². The Labute approximate surface area is 271 Å². The van der Waals surface area contributed by atoms with E-state index in [1.165, 1.54) is 66.3 Å². The number of benzene rings is 4. The molecule has 2 aromatic heterocycles. The fourth-order valence-corrected chi connectivity index (χ4v) is 10.2. The van der Waals surface area contributed by atoms with E-state index in [2.05, 4.69) is 136 Å². The SMILES string of the molecule is CCCc1cc2c3c4[n+](ccc3c1)C(CC)(CC)C1(c3ccc(C)cc3-c3c5ccccc5cc[n+]31)c1ccc(F)c(c1-4)C2(C)C. The molecule has 2 aliphatic heterocycles. The van der Waals surface area contributed by atoms with E-state index in [0.717, 1.165) is 36.8 Å². The third-order valence-corrected chi connectivity index (χ3v) is 12.1. The summed E-state index contributed by atoms with van der Waals surface area (Å²) in [5, 5.41) is 5.05. The first kappa shape index (κ1) is 27.9. The fraction of sp³-hybridized carbons (Fsp3) is 0.302. The minimum absolute atomic E-state index is 0.111. The van der Waals surface area contributed by atoms with E-state index in [4.69, 9.17) is 0 Å². The Balaban J connectivity index is 1.55. The number of pyridine rings is 2. The highest BCUT2D eigenvalue weighted by Gasteiger charge is 2.74. The van der Waals surface area contributed by atoms with Gasteiger partial charge in [0.2, 0.25) is 16.9 Å². The van der Waals surface area contributed by atoms with Gasteiger partial charge in [-0.2, -0.15) is 9.13 Å². The van der Waals surface area contributed by atoms with Crippen LogP contribution in [0.5, 0.6) is 0 Å². The lowest BCUT2D eigenvalue weighted by Crippen LogP contribution is -2.79. The van der Waals surface area contributed by atoms with Gasteiger partial charge in [0.05, 0.1) is 21.9 Å². The third-order valence-electron chi connectivity index (χ3n) is 12.1. The highest BCUT2D eigenvalue weighted by atomic mass is 19.1. The number of aromatic nitrogens is 2. The standard InChI is InChI=1S/C43H41FN2/c1-7-12-27-24-29-20-21-45-40-36(29)34(25-27)41(5,6)38-35(44)18-17-33(37(38)40)43(42(45,8-2)9-3)32-16-15-26(4)23-31(32)39-30-14-11-10-13-28(30)19-22-46(39)43/h10-11,13-25H,7-9,12H2,1-6H3/q+2. The molecule has 9 rings (SSSR count). The first-order valence-electron chi connectivity index (χ1n) is 17.2. The summed E-state index contributed by atoms with van der Waals surface area (Å²) in [5.74, 6) is -0.111. The number of rotatable bonds is 4. The minimum Gasteiger partial charge on any atom is -0.207 e. The second kappa shape index (κ2) is 9.12. The summed E-state index contributed by atoms with van der Waals surface area (Å²) in [5.41, 5.74) is 10.6. The molecule has 1 atom stereocenters. The average Bonchev–Trinajstić information content (AvgIpc) is 3.34. The Morgan fingerprint density at radius 3 is 2.24 bits per heavy atom. The van der Waals surface area contributed by atoms with Crippen molar-refractivity contribution in [1.82, 2.24) is 0 Å². The summed E-state index contributed by atoms with van der Waals surface area (Å²) < 4.78 is 21.9. The van der Waals surface area contributed by atoms with Gasteiger partial charge in [0, 0.05) is 47.1 Å². The zero-order chi connectivity index (χ0) is 31.7. The zero-order valence-corrected chi connectivity index (χ0v) is 27.8. The zero-order valence-electron chi connectivity index (χ0n) is 27.8. The summed E-state index contributed by atoms with van der Waals surface area (Å²) in [6, 6.07) is 29.1. The van der Waals surface area contributed by atoms with Crippen LogP contribution in [0.3, 0.4) is 0 Å². The van der Waals surface area contributed by atoms with E-state index in [0.29, 0.717) is 0 Å². The van der Waals surface area contributed by atoms with Crippen molar-refractivity contribution in [2.24, 2.45) is 0 Å². The Morgan fingerprint density at radius 1 is 0.717 bits per heavy atom. The van der Waals surface area contributed by atoms with Crippen molar-refractivity contribution in [3.05, 3.63) is 130 Å². The molecular weight excluding hydrogens is 563 g/mol. The molecule has 0 saturated heterocycles. The van der Waals surface area contributed by atoms with Crippen LogP contribution in [0.4, 0.5) is 4.39 Å². The van der Waals surface area contributed by atoms with Crippen molar-refractivity contribution in [3.8, 4) is 22.5 Å². The molecule has 4 heterocycles. The number of hydrogen-bond acceptors (Lipinski definition) is 0. The van der Waals surface area contributed by atoms with E-state index in [9.17, 15) is 0 Å². The molecule has 4 aromatic carbocycles. The van der Waals surface area contributed by atoms with Gasteiger partial charge in [0.15, 0.2) is 12.4 Å². The molecule has 0 bridgehead atoms. The molecule has 0 fully saturated rings. The van der Waals surface area contributed by atoms with Crippen LogP contribution in [0.1, 0.15) is 87.3 Å². The summed E-state index contributed by atoms with van der Waals surface area (Å²) in [6.07, 6.45) is 8.60. The maximum absolute atomic E-state index is 16.7. The van der Waals surface area contributed by atoms with Gasteiger partial charge >= 0.3 is 0 Å². The molecule has 1 unspecified atom stereocenters. The maximum Gasteiger partial charge on any atom is 0.284 e. The molecule has 2 nitrogen and oxygen atoms in total. The topological polar surface area (TPSA) is 7.76 Å². The van der Waals surface area contributed by atoms with Crippen LogP contribution >= 0.6 is 0 Å². The highest BCUT2D eigenvalue weighted by molar-refractivity contribution is 6.02. The van der Waals surface area contributed by atoms with E-state index in [1.54, 1.807) is 6.07 Å². The van der Waals surface area contributed by atoms with Gasteiger partial charge in [-0.25, -0.2) is 4.39 Å². The predicted molar refractivity (Wildman–Crippen MR) is 185 cm³/mol. The number of nitrogens with zero attached hydrogens (tertiary/aromatic N) is 2. The Kier molecular flexibility index (Phi) is 5.53. The van der Waals surface area contributed by atoms with Crippen LogP contribution < -0.4 is 9.13 Å². The molecule has 46 heavy (non-hydrogen) atoms. The molecular formula is C43H41FN2+2. The fourth-order valence-electron chi connectivity index (χ4n) is 10.2. The summed E-state index contributed by atoms with van der Waals surface area (Å²) in [4.78, 5) is 0. The summed E-state index contributed by atoms with van der Waals surface area (Å²) in [7, 11) is 0. The van der Waals surface area contributed by atoms with Gasteiger partial charge in [-0.1, -0.05) is 89.1 Å². The third kappa shape index (κ3) is 2.99. The van der Waals surface area contributed by atoms with Gasteiger partial charge in [0.25, 0.3) is 5.54 Å². The first-order valence-corrected chi connectivity index (χ1v) is 17.2. The van der Waals surface area contributed by atoms with E-state index in [-0.39, 0.29) is 11.4 Å². The van der Waals surface area contributed by atoms with Crippen LogP contribution in [-0.2, 0) is 22.9 Å². The van der Waals surface area contributed by atoms with Gasteiger partial charge in [-0.15, -0.1) is 0 Å². The van der Waals surface area contributed by atoms with Crippen molar-refractivity contribution >= 4 is 21.5 Å². The van der Waals surface area contributed by atoms with E-state index in [1.807, 2.05) is 0 Å². The maximum atomic E-state index is 16.7. The number of hydrogen-bond donors (Lipinski definition) is 0. The van der Waals surface area contributed by atoms with Gasteiger partial charge < -0.3 is 0 Å². The lowest BCUT2D eigenvalue weighted by atomic mass is 9.57. The summed E-state index contributed by atoms with van der Waals surface area (Å²) in [6.45, 7) is 13.6. The van der Waals surface area contributed by atoms with Gasteiger partial charge in [-0.05, 0) is 59.5 Å². The number of halogens is 1. The summed E-state index contributed by atoms with van der Waals surface area (Å²) >= 11 is 0. The van der Waals surface area contributed by atoms with Crippen molar-refractivity contribution < 1.29 is 13.5 Å². The van der Waals surface area contributed by atoms with Crippen LogP contribution in [0.25, 0.3) is 44.1 Å². The molecule has 3 heteroatoms. The monoisotopic (exact) mass is 604 g/mol. The van der Waals surface area contributed by atoms with E-state index < -0.39 is 11.0 Å². The quantitative estimate of drug-likeness (QED) is 0.177. The van der Waals surface area contributed by atoms with Crippen LogP contribution in [-0.4, -0.2) is 0 Å². The average molecular weight is 605 g/mol. The molecule has 3 aliphatic rings.